The third-order valence-corrected chi connectivity index (χ3v) is 7.10. The van der Waals surface area contributed by atoms with Gasteiger partial charge in [-0.25, -0.2) is 4.79 Å². The van der Waals surface area contributed by atoms with E-state index in [9.17, 15) is 22.8 Å². The fourth-order valence-electron chi connectivity index (χ4n) is 4.12. The number of halogens is 3. The second-order valence-corrected chi connectivity index (χ2v) is 9.56. The number of rotatable bonds is 8. The molecule has 0 unspecified atom stereocenters. The molecule has 1 N–H and O–H groups in total. The fraction of sp³-hybridized carbons (Fsp3) is 0.500. The number of hydrogen-bond acceptors (Lipinski definition) is 7. The molecule has 1 saturated carbocycles. The average molecular weight is 509 g/mol. The van der Waals surface area contributed by atoms with Gasteiger partial charge in [0.15, 0.2) is 0 Å². The maximum atomic E-state index is 13.7. The summed E-state index contributed by atoms with van der Waals surface area (Å²) in [5, 5.41) is 11.9. The molecule has 4 rings (SSSR count). The van der Waals surface area contributed by atoms with Crippen LogP contribution in [0.25, 0.3) is 5.57 Å². The van der Waals surface area contributed by atoms with Crippen LogP contribution in [0, 0.1) is 5.92 Å². The predicted molar refractivity (Wildman–Crippen MR) is 126 cm³/mol. The standard InChI is InChI=1S/C24H27F3N4O3S/c1-2-34-22(33)19(17-5-3-4-6-18(17)24(25,26)27)16-10-13-31(14-11-16)23-30-29-21(35-23)20(32)28-12-9-15-7-8-15/h3-6,15H,2,7-14H2,1H3,(H,28,32). The van der Waals surface area contributed by atoms with Crippen molar-refractivity contribution in [1.29, 1.82) is 0 Å². The van der Waals surface area contributed by atoms with Crippen molar-refractivity contribution in [3.05, 3.63) is 46.0 Å². The average Bonchev–Trinajstić information content (AvgIpc) is 3.52. The van der Waals surface area contributed by atoms with E-state index in [1.807, 2.05) is 4.90 Å². The first-order chi connectivity index (χ1) is 16.8. The second kappa shape index (κ2) is 10.8. The van der Waals surface area contributed by atoms with Gasteiger partial charge in [0.25, 0.3) is 5.91 Å². The number of carbonyl (C=O) groups is 2. The van der Waals surface area contributed by atoms with Gasteiger partial charge in [0.2, 0.25) is 10.1 Å². The number of nitrogens with zero attached hydrogens (tertiary/aromatic N) is 3. The minimum Gasteiger partial charge on any atom is -0.462 e. The van der Waals surface area contributed by atoms with Crippen molar-refractivity contribution in [3.8, 4) is 0 Å². The van der Waals surface area contributed by atoms with Crippen molar-refractivity contribution in [2.24, 2.45) is 5.92 Å². The van der Waals surface area contributed by atoms with Crippen molar-refractivity contribution < 1.29 is 27.5 Å². The number of ether oxygens (including phenoxy) is 1. The molecule has 2 fully saturated rings. The third-order valence-electron chi connectivity index (χ3n) is 6.12. The lowest BCUT2D eigenvalue weighted by Crippen LogP contribution is -2.31. The lowest BCUT2D eigenvalue weighted by atomic mass is 9.90. The normalized spacial score (nSPS) is 16.2. The second-order valence-electron chi connectivity index (χ2n) is 8.61. The summed E-state index contributed by atoms with van der Waals surface area (Å²) in [4.78, 5) is 27.0. The van der Waals surface area contributed by atoms with Crippen molar-refractivity contribution in [2.45, 2.75) is 45.2 Å². The zero-order chi connectivity index (χ0) is 25.0. The SMILES string of the molecule is CCOC(=O)C(=C1CCN(c2nnc(C(=O)NCCC3CC3)s2)CC1)c1ccccc1C(F)(F)F. The number of benzene rings is 1. The van der Waals surface area contributed by atoms with Crippen LogP contribution >= 0.6 is 11.3 Å². The van der Waals surface area contributed by atoms with Crippen molar-refractivity contribution in [3.63, 3.8) is 0 Å². The minimum atomic E-state index is -4.60. The fourth-order valence-corrected chi connectivity index (χ4v) is 4.93. The molecule has 11 heteroatoms. The number of amides is 1. The molecule has 0 radical (unpaired) electrons. The van der Waals surface area contributed by atoms with Crippen LogP contribution in [0.2, 0.25) is 0 Å². The van der Waals surface area contributed by atoms with Gasteiger partial charge >= 0.3 is 12.1 Å². The minimum absolute atomic E-state index is 0.0209. The van der Waals surface area contributed by atoms with Gasteiger partial charge < -0.3 is 15.0 Å². The van der Waals surface area contributed by atoms with Crippen molar-refractivity contribution >= 4 is 33.9 Å². The molecule has 1 aromatic heterocycles. The molecule has 1 amide bonds. The molecule has 1 aromatic carbocycles. The first kappa shape index (κ1) is 25.2. The number of carbonyl (C=O) groups excluding carboxylic acids is 2. The zero-order valence-corrected chi connectivity index (χ0v) is 20.2. The Morgan fingerprint density at radius 3 is 2.54 bits per heavy atom. The van der Waals surface area contributed by atoms with Gasteiger partial charge in [-0.15, -0.1) is 10.2 Å². The van der Waals surface area contributed by atoms with E-state index in [4.69, 9.17) is 4.74 Å². The molecule has 7 nitrogen and oxygen atoms in total. The quantitative estimate of drug-likeness (QED) is 0.411. The van der Waals surface area contributed by atoms with Crippen LogP contribution in [-0.4, -0.2) is 48.3 Å². The number of alkyl halides is 3. The Hall–Kier alpha value is -2.95. The summed E-state index contributed by atoms with van der Waals surface area (Å²) >= 11 is 1.18. The number of esters is 1. The van der Waals surface area contributed by atoms with E-state index in [-0.39, 0.29) is 28.7 Å². The Balaban J connectivity index is 1.49. The highest BCUT2D eigenvalue weighted by molar-refractivity contribution is 7.17. The van der Waals surface area contributed by atoms with Crippen LogP contribution in [-0.2, 0) is 15.7 Å². The van der Waals surface area contributed by atoms with Crippen LogP contribution in [0.3, 0.4) is 0 Å². The molecule has 1 aliphatic carbocycles. The molecule has 188 valence electrons. The van der Waals surface area contributed by atoms with Crippen molar-refractivity contribution in [1.82, 2.24) is 15.5 Å². The molecule has 0 atom stereocenters. The first-order valence-corrected chi connectivity index (χ1v) is 12.5. The molecule has 2 aliphatic rings. The van der Waals surface area contributed by atoms with Gasteiger partial charge in [-0.05, 0) is 38.2 Å². The molecule has 1 aliphatic heterocycles. The van der Waals surface area contributed by atoms with E-state index in [0.717, 1.165) is 18.4 Å². The van der Waals surface area contributed by atoms with Crippen LogP contribution in [0.4, 0.5) is 18.3 Å². The molecule has 35 heavy (non-hydrogen) atoms. The van der Waals surface area contributed by atoms with Crippen LogP contribution in [0.1, 0.15) is 60.0 Å². The summed E-state index contributed by atoms with van der Waals surface area (Å²) in [5.74, 6) is -0.285. The van der Waals surface area contributed by atoms with Crippen LogP contribution in [0.5, 0.6) is 0 Å². The summed E-state index contributed by atoms with van der Waals surface area (Å²) in [6.45, 7) is 3.17. The molecular weight excluding hydrogens is 481 g/mol. The van der Waals surface area contributed by atoms with E-state index < -0.39 is 17.7 Å². The van der Waals surface area contributed by atoms with Gasteiger partial charge in [-0.3, -0.25) is 4.79 Å². The maximum absolute atomic E-state index is 13.7. The van der Waals surface area contributed by atoms with Gasteiger partial charge in [-0.1, -0.05) is 48.0 Å². The van der Waals surface area contributed by atoms with Gasteiger partial charge in [-0.2, -0.15) is 13.2 Å². The van der Waals surface area contributed by atoms with Gasteiger partial charge in [0, 0.05) is 25.2 Å². The maximum Gasteiger partial charge on any atom is 0.417 e. The van der Waals surface area contributed by atoms with Gasteiger partial charge in [0.05, 0.1) is 17.7 Å². The number of nitrogens with one attached hydrogen (secondary N) is 1. The van der Waals surface area contributed by atoms with E-state index in [2.05, 4.69) is 15.5 Å². The van der Waals surface area contributed by atoms with E-state index in [1.165, 1.54) is 42.4 Å². The Kier molecular flexibility index (Phi) is 7.73. The van der Waals surface area contributed by atoms with Crippen molar-refractivity contribution in [2.75, 3.05) is 31.1 Å². The third kappa shape index (κ3) is 6.19. The van der Waals surface area contributed by atoms with E-state index >= 15 is 0 Å². The lowest BCUT2D eigenvalue weighted by Gasteiger charge is -2.29. The van der Waals surface area contributed by atoms with Crippen LogP contribution < -0.4 is 10.2 Å². The molecule has 2 heterocycles. The van der Waals surface area contributed by atoms with Crippen LogP contribution in [0.15, 0.2) is 29.8 Å². The lowest BCUT2D eigenvalue weighted by molar-refractivity contribution is -0.138. The highest BCUT2D eigenvalue weighted by Gasteiger charge is 2.36. The van der Waals surface area contributed by atoms with Gasteiger partial charge in [0.1, 0.15) is 0 Å². The smallest absolute Gasteiger partial charge is 0.417 e. The predicted octanol–water partition coefficient (Wildman–Crippen LogP) is 4.70. The topological polar surface area (TPSA) is 84.4 Å². The highest BCUT2D eigenvalue weighted by Crippen LogP contribution is 2.38. The Morgan fingerprint density at radius 2 is 1.89 bits per heavy atom. The summed E-state index contributed by atoms with van der Waals surface area (Å²) in [6, 6.07) is 5.07. The zero-order valence-electron chi connectivity index (χ0n) is 19.4. The molecule has 2 aromatic rings. The molecule has 1 saturated heterocycles. The number of anilines is 1. The number of aromatic nitrogens is 2. The Morgan fingerprint density at radius 1 is 1.17 bits per heavy atom. The van der Waals surface area contributed by atoms with E-state index in [0.29, 0.717) is 43.2 Å². The highest BCUT2D eigenvalue weighted by atomic mass is 32.1. The molecule has 0 spiro atoms. The summed E-state index contributed by atoms with van der Waals surface area (Å²) in [5.41, 5.74) is -0.436. The monoisotopic (exact) mass is 508 g/mol. The number of hydrogen-bond donors (Lipinski definition) is 1. The number of piperidine rings is 1. The summed E-state index contributed by atoms with van der Waals surface area (Å²) in [7, 11) is 0. The Labute approximate surface area is 205 Å². The molecular formula is C24H27F3N4O3S. The Bertz CT molecular complexity index is 1100. The largest absolute Gasteiger partial charge is 0.462 e. The molecule has 0 bridgehead atoms. The first-order valence-electron chi connectivity index (χ1n) is 11.7. The summed E-state index contributed by atoms with van der Waals surface area (Å²) < 4.78 is 46.1. The summed E-state index contributed by atoms with van der Waals surface area (Å²) in [6.07, 6.45) is -0.448. The van der Waals surface area contributed by atoms with E-state index in [1.54, 1.807) is 6.92 Å².